The molecule has 0 saturated carbocycles. The fourth-order valence-corrected chi connectivity index (χ4v) is 5.62. The van der Waals surface area contributed by atoms with Gasteiger partial charge in [0.15, 0.2) is 0 Å². The van der Waals surface area contributed by atoms with Crippen molar-refractivity contribution < 1.29 is 4.79 Å². The molecule has 5 aromatic rings. The highest BCUT2D eigenvalue weighted by molar-refractivity contribution is 7.19. The zero-order valence-corrected chi connectivity index (χ0v) is 17.9. The number of aryl methyl sites for hydroxylation is 1. The van der Waals surface area contributed by atoms with Crippen LogP contribution in [0.15, 0.2) is 61.1 Å². The summed E-state index contributed by atoms with van der Waals surface area (Å²) < 4.78 is 0. The van der Waals surface area contributed by atoms with E-state index in [-0.39, 0.29) is 11.8 Å². The van der Waals surface area contributed by atoms with Gasteiger partial charge in [0.25, 0.3) is 0 Å². The number of fused-ring (bicyclic) bond motifs is 4. The Balaban J connectivity index is 1.28. The molecular weight excluding hydrogens is 420 g/mol. The van der Waals surface area contributed by atoms with Crippen LogP contribution in [0.1, 0.15) is 16.9 Å². The second-order valence-corrected chi connectivity index (χ2v) is 9.08. The Bertz CT molecular complexity index is 1440. The lowest BCUT2D eigenvalue weighted by atomic mass is 9.87. The monoisotopic (exact) mass is 440 g/mol. The minimum atomic E-state index is -0.0383. The molecule has 1 amide bonds. The highest BCUT2D eigenvalue weighted by atomic mass is 32.1. The fourth-order valence-electron chi connectivity index (χ4n) is 4.35. The Hall–Kier alpha value is -3.78. The number of anilines is 3. The molecule has 158 valence electrons. The lowest BCUT2D eigenvalue weighted by Crippen LogP contribution is -2.27. The van der Waals surface area contributed by atoms with Gasteiger partial charge in [-0.2, -0.15) is 5.10 Å². The van der Waals surface area contributed by atoms with E-state index in [1.807, 2.05) is 48.7 Å². The molecule has 1 unspecified atom stereocenters. The van der Waals surface area contributed by atoms with Crippen LogP contribution in [-0.4, -0.2) is 26.1 Å². The average Bonchev–Trinajstić information content (AvgIpc) is 3.43. The van der Waals surface area contributed by atoms with Crippen LogP contribution >= 0.6 is 11.3 Å². The van der Waals surface area contributed by atoms with Crippen molar-refractivity contribution in [3.05, 3.63) is 71.5 Å². The first-order valence-corrected chi connectivity index (χ1v) is 11.4. The average molecular weight is 441 g/mol. The van der Waals surface area contributed by atoms with Crippen molar-refractivity contribution in [3.8, 4) is 0 Å². The molecule has 7 nitrogen and oxygen atoms in total. The second kappa shape index (κ2) is 7.72. The number of carbonyl (C=O) groups is 1. The number of rotatable bonds is 4. The molecular formula is C24H20N6OS. The van der Waals surface area contributed by atoms with Crippen LogP contribution in [-0.2, 0) is 17.6 Å². The Morgan fingerprint density at radius 2 is 2.00 bits per heavy atom. The highest BCUT2D eigenvalue weighted by Gasteiger charge is 2.29. The van der Waals surface area contributed by atoms with Gasteiger partial charge in [-0.15, -0.1) is 11.3 Å². The van der Waals surface area contributed by atoms with Gasteiger partial charge in [-0.25, -0.2) is 9.97 Å². The van der Waals surface area contributed by atoms with Gasteiger partial charge < -0.3 is 10.6 Å². The van der Waals surface area contributed by atoms with E-state index in [0.29, 0.717) is 0 Å². The van der Waals surface area contributed by atoms with Gasteiger partial charge in [-0.3, -0.25) is 9.89 Å². The zero-order chi connectivity index (χ0) is 21.5. The number of amides is 1. The van der Waals surface area contributed by atoms with Crippen molar-refractivity contribution >= 4 is 55.6 Å². The first-order valence-electron chi connectivity index (χ1n) is 10.6. The molecule has 32 heavy (non-hydrogen) atoms. The van der Waals surface area contributed by atoms with Gasteiger partial charge in [0.05, 0.1) is 17.1 Å². The van der Waals surface area contributed by atoms with Crippen LogP contribution in [0, 0.1) is 5.92 Å². The van der Waals surface area contributed by atoms with Crippen molar-refractivity contribution in [2.45, 2.75) is 19.3 Å². The molecule has 0 radical (unpaired) electrons. The third-order valence-electron chi connectivity index (χ3n) is 5.96. The number of hydrogen-bond acceptors (Lipinski definition) is 6. The quantitative estimate of drug-likeness (QED) is 0.363. The molecule has 2 aromatic carbocycles. The lowest BCUT2D eigenvalue weighted by Gasteiger charge is -2.22. The van der Waals surface area contributed by atoms with Gasteiger partial charge in [0.2, 0.25) is 5.91 Å². The maximum atomic E-state index is 12.8. The number of carbonyl (C=O) groups excluding carboxylic acids is 1. The first-order chi connectivity index (χ1) is 15.7. The van der Waals surface area contributed by atoms with Crippen LogP contribution in [0.4, 0.5) is 17.2 Å². The van der Waals surface area contributed by atoms with Gasteiger partial charge in [0, 0.05) is 27.6 Å². The topological polar surface area (TPSA) is 95.6 Å². The number of para-hydroxylation sites is 1. The summed E-state index contributed by atoms with van der Waals surface area (Å²) in [4.78, 5) is 24.1. The van der Waals surface area contributed by atoms with Crippen molar-refractivity contribution in [2.24, 2.45) is 5.92 Å². The molecule has 1 aliphatic carbocycles. The van der Waals surface area contributed by atoms with Crippen LogP contribution < -0.4 is 10.6 Å². The maximum Gasteiger partial charge on any atom is 0.227 e. The standard InChI is InChI=1S/C24H20N6OS/c31-23(29-16-4-2-1-3-5-16)14-6-8-18-20(11-14)32-24-21(18)22(25-13-26-24)28-17-7-9-19-15(10-17)12-27-30-19/h1-5,7,9-10,12-14H,6,8,11H2,(H,27,30)(H,29,31)(H,25,26,28). The van der Waals surface area contributed by atoms with Crippen molar-refractivity contribution in [1.29, 1.82) is 0 Å². The Kier molecular flexibility index (Phi) is 4.57. The molecule has 0 bridgehead atoms. The predicted octanol–water partition coefficient (Wildman–Crippen LogP) is 5.05. The smallest absolute Gasteiger partial charge is 0.227 e. The Morgan fingerprint density at radius 3 is 2.91 bits per heavy atom. The fraction of sp³-hybridized carbons (Fsp3) is 0.167. The molecule has 3 N–H and O–H groups in total. The number of nitrogens with zero attached hydrogens (tertiary/aromatic N) is 3. The van der Waals surface area contributed by atoms with Gasteiger partial charge >= 0.3 is 0 Å². The molecule has 1 atom stereocenters. The number of thiophene rings is 1. The van der Waals surface area contributed by atoms with E-state index in [0.717, 1.165) is 57.6 Å². The van der Waals surface area contributed by atoms with Crippen molar-refractivity contribution in [3.63, 3.8) is 0 Å². The number of H-pyrrole nitrogens is 1. The zero-order valence-electron chi connectivity index (χ0n) is 17.1. The summed E-state index contributed by atoms with van der Waals surface area (Å²) in [6, 6.07) is 15.7. The lowest BCUT2D eigenvalue weighted by molar-refractivity contribution is -0.120. The normalized spacial score (nSPS) is 15.6. The van der Waals surface area contributed by atoms with E-state index < -0.39 is 0 Å². The molecule has 0 saturated heterocycles. The minimum Gasteiger partial charge on any atom is -0.340 e. The molecule has 0 spiro atoms. The second-order valence-electron chi connectivity index (χ2n) is 8.00. The summed E-state index contributed by atoms with van der Waals surface area (Å²) in [5, 5.41) is 15.7. The summed E-state index contributed by atoms with van der Waals surface area (Å²) in [5.74, 6) is 0.850. The number of aromatic amines is 1. The summed E-state index contributed by atoms with van der Waals surface area (Å²) in [7, 11) is 0. The minimum absolute atomic E-state index is 0.0383. The van der Waals surface area contributed by atoms with E-state index >= 15 is 0 Å². The Morgan fingerprint density at radius 1 is 1.09 bits per heavy atom. The number of aromatic nitrogens is 4. The summed E-state index contributed by atoms with van der Waals surface area (Å²) in [6.45, 7) is 0. The van der Waals surface area contributed by atoms with Crippen molar-refractivity contribution in [1.82, 2.24) is 20.2 Å². The molecule has 1 aliphatic rings. The molecule has 8 heteroatoms. The van der Waals surface area contributed by atoms with E-state index in [1.54, 1.807) is 17.7 Å². The number of benzene rings is 2. The van der Waals surface area contributed by atoms with Crippen molar-refractivity contribution in [2.75, 3.05) is 10.6 Å². The molecule has 0 aliphatic heterocycles. The molecule has 3 heterocycles. The highest BCUT2D eigenvalue weighted by Crippen LogP contribution is 2.40. The van der Waals surface area contributed by atoms with E-state index in [9.17, 15) is 4.79 Å². The van der Waals surface area contributed by atoms with Crippen LogP contribution in [0.5, 0.6) is 0 Å². The van der Waals surface area contributed by atoms with Crippen LogP contribution in [0.3, 0.4) is 0 Å². The van der Waals surface area contributed by atoms with Gasteiger partial charge in [-0.1, -0.05) is 18.2 Å². The largest absolute Gasteiger partial charge is 0.340 e. The summed E-state index contributed by atoms with van der Waals surface area (Å²) in [5.41, 5.74) is 4.05. The molecule has 6 rings (SSSR count). The van der Waals surface area contributed by atoms with Crippen LogP contribution in [0.2, 0.25) is 0 Å². The third-order valence-corrected chi connectivity index (χ3v) is 7.12. The predicted molar refractivity (Wildman–Crippen MR) is 127 cm³/mol. The SMILES string of the molecule is O=C(Nc1ccccc1)C1CCc2c(sc3ncnc(Nc4ccc5[nH]ncc5c4)c23)C1. The third kappa shape index (κ3) is 3.38. The first kappa shape index (κ1) is 18.9. The summed E-state index contributed by atoms with van der Waals surface area (Å²) >= 11 is 1.67. The van der Waals surface area contributed by atoms with E-state index in [2.05, 4.69) is 36.9 Å². The van der Waals surface area contributed by atoms with Crippen LogP contribution in [0.25, 0.3) is 21.1 Å². The summed E-state index contributed by atoms with van der Waals surface area (Å²) in [6.07, 6.45) is 5.79. The molecule has 3 aromatic heterocycles. The molecule has 0 fully saturated rings. The van der Waals surface area contributed by atoms with Gasteiger partial charge in [0.1, 0.15) is 17.0 Å². The van der Waals surface area contributed by atoms with Gasteiger partial charge in [-0.05, 0) is 55.2 Å². The number of nitrogens with one attached hydrogen (secondary N) is 3. The van der Waals surface area contributed by atoms with E-state index in [4.69, 9.17) is 0 Å². The Labute approximate surface area is 187 Å². The maximum absolute atomic E-state index is 12.8. The van der Waals surface area contributed by atoms with E-state index in [1.165, 1.54) is 10.4 Å². The number of hydrogen-bond donors (Lipinski definition) is 3.